The number of nitrogens with zero attached hydrogens (tertiary/aromatic N) is 20. The molecule has 37 nitrogen and oxygen atoms in total. The summed E-state index contributed by atoms with van der Waals surface area (Å²) < 4.78 is 90.8. The highest BCUT2D eigenvalue weighted by Gasteiger charge is 2.32. The average molecular weight is 1710 g/mol. The summed E-state index contributed by atoms with van der Waals surface area (Å²) in [7, 11) is 9.75. The molecular formula is C76H75BrF6N30O7. The van der Waals surface area contributed by atoms with Crippen molar-refractivity contribution in [1.29, 1.82) is 0 Å². The smallest absolute Gasteiger partial charge is 0.416 e. The Bertz CT molecular complexity index is 5870. The first-order valence-corrected chi connectivity index (χ1v) is 35.8. The van der Waals surface area contributed by atoms with Gasteiger partial charge in [-0.25, -0.2) is 54.3 Å². The number of rotatable bonds is 19. The van der Waals surface area contributed by atoms with Gasteiger partial charge in [0.05, 0.1) is 42.0 Å². The van der Waals surface area contributed by atoms with Crippen molar-refractivity contribution in [3.63, 3.8) is 0 Å². The van der Waals surface area contributed by atoms with Gasteiger partial charge in [-0.2, -0.15) is 85.4 Å². The molecule has 0 aliphatic heterocycles. The number of halogens is 7. The topological polar surface area (TPSA) is 481 Å². The Hall–Kier alpha value is -15.7. The summed E-state index contributed by atoms with van der Waals surface area (Å²) in [6.45, 7) is 7.60. The van der Waals surface area contributed by atoms with Crippen molar-refractivity contribution < 1.29 is 60.1 Å². The molecule has 13 N–H and O–H groups in total. The number of ether oxygens (including phenoxy) is 2. The fourth-order valence-corrected chi connectivity index (χ4v) is 10.4. The van der Waals surface area contributed by atoms with Gasteiger partial charge in [-0.05, 0) is 135 Å². The SMILES string of the molecule is CNc1cc(-n2ncnc2N)ncn1.CNc1cc(-n2ncnc2Nc2cc(C(=O)Nc3cccc(C(F)(F)F)c3)ccc2C)ncn1.CNc1cc(-n2ncnc2Nc2cc(C(=O)O)ccc2C)ncn1.CNc1cc(-n2ncnc2Nc2cc(C(=O)OC)ccc2C)ncn1.COC(=O)c1ccc(C)c(Br)c1.Nc1cccc(C(F)(F)F)c1. The Labute approximate surface area is 687 Å². The fraction of sp³-hybridized carbons (Fsp3) is 0.158. The number of carboxylic acid groups (broad SMARTS) is 1. The predicted octanol–water partition coefficient (Wildman–Crippen LogP) is 12.7. The molecule has 14 rings (SSSR count). The highest BCUT2D eigenvalue weighted by Crippen LogP contribution is 2.33. The number of aromatic carboxylic acids is 1. The number of aryl methyl sites for hydroxylation is 4. The molecule has 0 radical (unpaired) electrons. The van der Waals surface area contributed by atoms with Crippen LogP contribution in [0.3, 0.4) is 0 Å². The Morgan fingerprint density at radius 3 is 1.12 bits per heavy atom. The first kappa shape index (κ1) is 88.3. The van der Waals surface area contributed by atoms with E-state index >= 15 is 0 Å². The summed E-state index contributed by atoms with van der Waals surface area (Å²) in [6.07, 6.45) is 2.41. The van der Waals surface area contributed by atoms with Crippen LogP contribution in [0.5, 0.6) is 0 Å². The van der Waals surface area contributed by atoms with Crippen LogP contribution in [-0.2, 0) is 21.8 Å². The van der Waals surface area contributed by atoms with E-state index in [1.54, 1.807) is 118 Å². The minimum Gasteiger partial charge on any atom is -0.478 e. The maximum Gasteiger partial charge on any atom is 0.416 e. The molecule has 120 heavy (non-hydrogen) atoms. The molecule has 0 bridgehead atoms. The van der Waals surface area contributed by atoms with E-state index in [4.69, 9.17) is 21.3 Å². The van der Waals surface area contributed by atoms with Crippen LogP contribution in [0.25, 0.3) is 23.3 Å². The quantitative estimate of drug-likeness (QED) is 0.0203. The molecular weight excluding hydrogens is 1640 g/mol. The molecule has 0 unspecified atom stereocenters. The summed E-state index contributed by atoms with van der Waals surface area (Å²) in [6, 6.07) is 36.2. The van der Waals surface area contributed by atoms with Gasteiger partial charge < -0.3 is 68.6 Å². The molecule has 6 aromatic carbocycles. The van der Waals surface area contributed by atoms with Crippen LogP contribution in [0.15, 0.2) is 201 Å². The van der Waals surface area contributed by atoms with Crippen LogP contribution in [0.1, 0.15) is 74.8 Å². The van der Waals surface area contributed by atoms with Gasteiger partial charge in [0.25, 0.3) is 5.91 Å². The number of carboxylic acids is 1. The van der Waals surface area contributed by atoms with Crippen LogP contribution in [-0.4, -0.2) is 170 Å². The number of nitrogens with two attached hydrogens (primary N) is 2. The van der Waals surface area contributed by atoms with Gasteiger partial charge in [-0.3, -0.25) is 4.79 Å². The Balaban J connectivity index is 0.000000171. The van der Waals surface area contributed by atoms with Crippen molar-refractivity contribution in [2.24, 2.45) is 0 Å². The normalized spacial score (nSPS) is 10.6. The zero-order valence-corrected chi connectivity index (χ0v) is 66.7. The molecule has 0 atom stereocenters. The molecule has 0 aliphatic carbocycles. The summed E-state index contributed by atoms with van der Waals surface area (Å²) in [5, 5.41) is 49.2. The third-order valence-corrected chi connectivity index (χ3v) is 17.2. The second-order valence-electron chi connectivity index (χ2n) is 24.4. The van der Waals surface area contributed by atoms with Gasteiger partial charge >= 0.3 is 30.3 Å². The highest BCUT2D eigenvalue weighted by atomic mass is 79.9. The number of nitrogen functional groups attached to an aromatic ring is 2. The van der Waals surface area contributed by atoms with E-state index in [1.165, 1.54) is 103 Å². The molecule has 620 valence electrons. The van der Waals surface area contributed by atoms with Crippen molar-refractivity contribution in [3.8, 4) is 23.3 Å². The predicted molar refractivity (Wildman–Crippen MR) is 438 cm³/mol. The lowest BCUT2D eigenvalue weighted by Crippen LogP contribution is -2.14. The summed E-state index contributed by atoms with van der Waals surface area (Å²) in [5.74, 6) is 4.00. The van der Waals surface area contributed by atoms with Gasteiger partial charge in [0, 0.05) is 90.9 Å². The summed E-state index contributed by atoms with van der Waals surface area (Å²) in [5.41, 5.74) is 16.4. The number of methoxy groups -OCH3 is 2. The van der Waals surface area contributed by atoms with Gasteiger partial charge in [0.1, 0.15) is 73.9 Å². The second-order valence-corrected chi connectivity index (χ2v) is 25.3. The number of carbonyl (C=O) groups is 4. The Morgan fingerprint density at radius 2 is 0.750 bits per heavy atom. The van der Waals surface area contributed by atoms with Gasteiger partial charge in [0.2, 0.25) is 23.8 Å². The number of hydrogen-bond acceptors (Lipinski definition) is 31. The number of anilines is 13. The minimum atomic E-state index is -4.50. The van der Waals surface area contributed by atoms with Crippen molar-refractivity contribution in [2.45, 2.75) is 40.0 Å². The van der Waals surface area contributed by atoms with Gasteiger partial charge in [-0.15, -0.1) is 0 Å². The number of amides is 1. The van der Waals surface area contributed by atoms with Crippen molar-refractivity contribution in [1.82, 2.24) is 98.9 Å². The second kappa shape index (κ2) is 41.1. The van der Waals surface area contributed by atoms with Crippen LogP contribution in [0.2, 0.25) is 0 Å². The van der Waals surface area contributed by atoms with Crippen LogP contribution in [0, 0.1) is 27.7 Å². The molecule has 1 amide bonds. The molecule has 0 saturated carbocycles. The number of alkyl halides is 6. The van der Waals surface area contributed by atoms with E-state index in [-0.39, 0.29) is 28.5 Å². The number of aromatic nitrogens is 20. The molecule has 14 aromatic rings. The highest BCUT2D eigenvalue weighted by molar-refractivity contribution is 9.10. The molecule has 8 heterocycles. The van der Waals surface area contributed by atoms with E-state index in [0.717, 1.165) is 56.7 Å². The number of carbonyl (C=O) groups excluding carboxylic acids is 3. The molecule has 0 fully saturated rings. The maximum atomic E-state index is 13.0. The summed E-state index contributed by atoms with van der Waals surface area (Å²) in [4.78, 5) is 95.8. The van der Waals surface area contributed by atoms with E-state index in [2.05, 4.69) is 143 Å². The lowest BCUT2D eigenvalue weighted by molar-refractivity contribution is -0.138. The van der Waals surface area contributed by atoms with Crippen LogP contribution >= 0.6 is 15.9 Å². The van der Waals surface area contributed by atoms with E-state index in [1.807, 2.05) is 39.8 Å². The Morgan fingerprint density at radius 1 is 0.400 bits per heavy atom. The van der Waals surface area contributed by atoms with E-state index in [0.29, 0.717) is 92.8 Å². The van der Waals surface area contributed by atoms with E-state index < -0.39 is 41.3 Å². The van der Waals surface area contributed by atoms with E-state index in [9.17, 15) is 45.5 Å². The van der Waals surface area contributed by atoms with Crippen molar-refractivity contribution in [3.05, 3.63) is 256 Å². The van der Waals surface area contributed by atoms with Gasteiger partial charge in [-0.1, -0.05) is 52.3 Å². The third-order valence-electron chi connectivity index (χ3n) is 16.4. The molecule has 0 spiro atoms. The molecule has 0 aliphatic rings. The molecule has 0 saturated heterocycles. The maximum absolute atomic E-state index is 13.0. The lowest BCUT2D eigenvalue weighted by atomic mass is 10.1. The zero-order chi connectivity index (χ0) is 86.8. The molecule has 8 aromatic heterocycles. The zero-order valence-electron chi connectivity index (χ0n) is 65.1. The fourth-order valence-electron chi connectivity index (χ4n) is 9.99. The van der Waals surface area contributed by atoms with Gasteiger partial charge in [0.15, 0.2) is 23.3 Å². The van der Waals surface area contributed by atoms with Crippen LogP contribution < -0.4 is 54.0 Å². The van der Waals surface area contributed by atoms with Crippen LogP contribution in [0.4, 0.5) is 102 Å². The first-order valence-electron chi connectivity index (χ1n) is 35.0. The monoisotopic (exact) mass is 1710 g/mol. The number of hydrogen-bond donors (Lipinski definition) is 11. The minimum absolute atomic E-state index is 0.0405. The van der Waals surface area contributed by atoms with Crippen molar-refractivity contribution >= 4 is 115 Å². The summed E-state index contributed by atoms with van der Waals surface area (Å²) >= 11 is 3.34. The lowest BCUT2D eigenvalue weighted by Gasteiger charge is -2.13. The Kier molecular flexibility index (Phi) is 30.2. The molecule has 44 heteroatoms. The average Bonchev–Trinajstić information content (AvgIpc) is 1.63. The third kappa shape index (κ3) is 24.2. The number of esters is 2. The van der Waals surface area contributed by atoms with Crippen molar-refractivity contribution in [2.75, 3.05) is 96.4 Å². The number of benzene rings is 6. The standard InChI is InChI=1S/C22H19F3N8O.C16H17N7O2.C15H15N7O2.C9H9BrO2.C7H6F3N.C7H9N7/c1-13-6-7-14(20(34)31-16-5-3-4-15(9-16)22(23,24)25)8-17(13)32-21-29-12-30-33(21)19-10-18(26-2)27-11-28-19;1-10-4-5-11(15(24)25-3)6-12(10)22-16-20-9-21-23(16)14-7-13(17-2)18-8-19-14;1-9-3-4-10(14(23)24)5-11(9)21-15-19-8-20-22(15)13-6-12(16-2)17-7-18-13;1-6-3-4-7(5-8(6)10)9(11)12-2;8-7(9,10)5-2-1-3-6(11)4-5;1-9-5-2-6(11-3-10-5)14-7(8)12-4-13-14/h3-12H,1-2H3,(H,31,34)(H,26,27,28)(H,29,30,32);4-9H,1-3H3,(H,17,18,19)(H,20,21,22);3-8H,1-2H3,(H,23,24)(H,16,17,18)(H,19,20,21);3-5H,1-2H3;1-4H,11H2;2-4H,1H3,(H2,8,12,13)(H,9,10,11). The number of nitrogens with one attached hydrogen (secondary N) is 8. The largest absolute Gasteiger partial charge is 0.478 e. The first-order chi connectivity index (χ1) is 57.4.